The summed E-state index contributed by atoms with van der Waals surface area (Å²) in [5.41, 5.74) is 2.04. The number of nitrogens with one attached hydrogen (secondary N) is 1. The number of nitrogens with zero attached hydrogens (tertiary/aromatic N) is 2. The van der Waals surface area contributed by atoms with Crippen LogP contribution in [0.25, 0.3) is 0 Å². The van der Waals surface area contributed by atoms with Crippen LogP contribution in [0.3, 0.4) is 0 Å². The van der Waals surface area contributed by atoms with E-state index in [1.165, 1.54) is 0 Å². The molecule has 1 atom stereocenters. The summed E-state index contributed by atoms with van der Waals surface area (Å²) in [7, 11) is 0. The van der Waals surface area contributed by atoms with Crippen molar-refractivity contribution >= 4 is 23.4 Å². The lowest BCUT2D eigenvalue weighted by Crippen LogP contribution is -2.43. The highest BCUT2D eigenvalue weighted by atomic mass is 16.2. The van der Waals surface area contributed by atoms with Crippen LogP contribution in [-0.2, 0) is 9.59 Å². The average molecular weight is 405 g/mol. The van der Waals surface area contributed by atoms with Gasteiger partial charge in [0.05, 0.1) is 0 Å². The first-order chi connectivity index (χ1) is 14.6. The summed E-state index contributed by atoms with van der Waals surface area (Å²) in [5, 5.41) is 2.94. The van der Waals surface area contributed by atoms with Crippen LogP contribution in [0.5, 0.6) is 0 Å². The van der Waals surface area contributed by atoms with Crippen LogP contribution in [-0.4, -0.2) is 47.2 Å². The van der Waals surface area contributed by atoms with Crippen molar-refractivity contribution in [3.63, 3.8) is 0 Å². The highest BCUT2D eigenvalue weighted by Gasteiger charge is 2.32. The van der Waals surface area contributed by atoms with Crippen molar-refractivity contribution in [2.45, 2.75) is 38.1 Å². The lowest BCUT2D eigenvalue weighted by molar-refractivity contribution is -0.141. The van der Waals surface area contributed by atoms with E-state index in [9.17, 15) is 14.4 Å². The van der Waals surface area contributed by atoms with Crippen molar-refractivity contribution in [1.82, 2.24) is 9.80 Å². The van der Waals surface area contributed by atoms with Gasteiger partial charge in [0.15, 0.2) is 0 Å². The Bertz CT molecular complexity index is 905. The van der Waals surface area contributed by atoms with Crippen LogP contribution in [0.1, 0.15) is 54.1 Å². The monoisotopic (exact) mass is 405 g/mol. The van der Waals surface area contributed by atoms with Crippen molar-refractivity contribution in [2.75, 3.05) is 25.0 Å². The van der Waals surface area contributed by atoms with Gasteiger partial charge in [-0.15, -0.1) is 0 Å². The van der Waals surface area contributed by atoms with Gasteiger partial charge in [0.1, 0.15) is 6.04 Å². The quantitative estimate of drug-likeness (QED) is 0.826. The minimum atomic E-state index is -0.662. The van der Waals surface area contributed by atoms with Crippen LogP contribution in [0, 0.1) is 0 Å². The molecule has 2 aromatic rings. The zero-order valence-electron chi connectivity index (χ0n) is 17.0. The molecular weight excluding hydrogens is 378 g/mol. The Morgan fingerprint density at radius 1 is 0.833 bits per heavy atom. The molecule has 2 aromatic carbocycles. The van der Waals surface area contributed by atoms with Gasteiger partial charge in [0, 0.05) is 37.3 Å². The molecule has 2 aliphatic rings. The molecule has 6 nitrogen and oxygen atoms in total. The molecule has 1 unspecified atom stereocenters. The van der Waals surface area contributed by atoms with Gasteiger partial charge in [-0.25, -0.2) is 0 Å². The molecule has 2 fully saturated rings. The molecule has 156 valence electrons. The predicted molar refractivity (Wildman–Crippen MR) is 115 cm³/mol. The first kappa shape index (κ1) is 20.1. The summed E-state index contributed by atoms with van der Waals surface area (Å²) in [6.45, 7) is 2.19. The molecular formula is C24H27N3O3. The van der Waals surface area contributed by atoms with Gasteiger partial charge in [-0.05, 0) is 55.5 Å². The summed E-state index contributed by atoms with van der Waals surface area (Å²) < 4.78 is 0. The van der Waals surface area contributed by atoms with E-state index in [4.69, 9.17) is 0 Å². The molecule has 0 spiro atoms. The minimum absolute atomic E-state index is 0.0109. The topological polar surface area (TPSA) is 69.7 Å². The largest absolute Gasteiger partial charge is 0.339 e. The minimum Gasteiger partial charge on any atom is -0.339 e. The molecule has 4 rings (SSSR count). The number of likely N-dealkylation sites (tertiary alicyclic amines) is 2. The Morgan fingerprint density at radius 2 is 1.50 bits per heavy atom. The van der Waals surface area contributed by atoms with Crippen LogP contribution >= 0.6 is 0 Å². The van der Waals surface area contributed by atoms with Crippen LogP contribution in [0.4, 0.5) is 5.69 Å². The van der Waals surface area contributed by atoms with Gasteiger partial charge >= 0.3 is 0 Å². The van der Waals surface area contributed by atoms with E-state index in [0.717, 1.165) is 44.3 Å². The van der Waals surface area contributed by atoms with Gasteiger partial charge < -0.3 is 15.1 Å². The molecule has 3 amide bonds. The number of hydrogen-bond acceptors (Lipinski definition) is 3. The smallest absolute Gasteiger partial charge is 0.253 e. The van der Waals surface area contributed by atoms with Gasteiger partial charge in [-0.1, -0.05) is 30.3 Å². The lowest BCUT2D eigenvalue weighted by atomic mass is 10.0. The summed E-state index contributed by atoms with van der Waals surface area (Å²) in [4.78, 5) is 41.8. The standard InChI is InChI=1S/C24H27N3O3/c28-21-10-4-5-17-27(21)22(18-8-2-1-3-9-18)23(29)25-20-13-11-19(12-14-20)24(30)26-15-6-7-16-26/h1-3,8-9,11-14,22H,4-7,10,15-17H2,(H,25,29). The Hall–Kier alpha value is -3.15. The number of carbonyl (C=O) groups is 3. The molecule has 0 saturated carbocycles. The Labute approximate surface area is 176 Å². The maximum absolute atomic E-state index is 13.2. The second kappa shape index (κ2) is 9.11. The number of rotatable bonds is 5. The zero-order valence-corrected chi connectivity index (χ0v) is 17.0. The summed E-state index contributed by atoms with van der Waals surface area (Å²) >= 11 is 0. The molecule has 1 N–H and O–H groups in total. The zero-order chi connectivity index (χ0) is 20.9. The maximum atomic E-state index is 13.2. The van der Waals surface area contributed by atoms with Crippen molar-refractivity contribution in [3.8, 4) is 0 Å². The average Bonchev–Trinajstić information content (AvgIpc) is 3.31. The van der Waals surface area contributed by atoms with Crippen LogP contribution in [0.2, 0.25) is 0 Å². The Morgan fingerprint density at radius 3 is 2.17 bits per heavy atom. The highest BCUT2D eigenvalue weighted by molar-refractivity contribution is 5.99. The third-order valence-electron chi connectivity index (χ3n) is 5.83. The van der Waals surface area contributed by atoms with E-state index in [-0.39, 0.29) is 17.7 Å². The second-order valence-electron chi connectivity index (χ2n) is 7.92. The highest BCUT2D eigenvalue weighted by Crippen LogP contribution is 2.27. The number of carbonyl (C=O) groups excluding carboxylic acids is 3. The fraction of sp³-hybridized carbons (Fsp3) is 0.375. The van der Waals surface area contributed by atoms with Crippen LogP contribution < -0.4 is 5.32 Å². The number of hydrogen-bond donors (Lipinski definition) is 1. The molecule has 2 aliphatic heterocycles. The molecule has 2 heterocycles. The summed E-state index contributed by atoms with van der Waals surface area (Å²) in [6, 6.07) is 15.7. The van der Waals surface area contributed by atoms with Crippen molar-refractivity contribution in [1.29, 1.82) is 0 Å². The first-order valence-corrected chi connectivity index (χ1v) is 10.7. The van der Waals surface area contributed by atoms with Gasteiger partial charge in [0.2, 0.25) is 5.91 Å². The normalized spacial score (nSPS) is 17.7. The molecule has 6 heteroatoms. The number of anilines is 1. The molecule has 0 radical (unpaired) electrons. The predicted octanol–water partition coefficient (Wildman–Crippen LogP) is 3.61. The van der Waals surface area contributed by atoms with Gasteiger partial charge in [0.25, 0.3) is 11.8 Å². The first-order valence-electron chi connectivity index (χ1n) is 10.7. The van der Waals surface area contributed by atoms with Crippen LogP contribution in [0.15, 0.2) is 54.6 Å². The number of piperidine rings is 1. The van der Waals surface area contributed by atoms with E-state index in [1.54, 1.807) is 29.2 Å². The maximum Gasteiger partial charge on any atom is 0.253 e. The fourth-order valence-corrected chi connectivity index (χ4v) is 4.22. The van der Waals surface area contributed by atoms with E-state index in [1.807, 2.05) is 35.2 Å². The fourth-order valence-electron chi connectivity index (χ4n) is 4.22. The van der Waals surface area contributed by atoms with Crippen molar-refractivity contribution in [3.05, 3.63) is 65.7 Å². The molecule has 30 heavy (non-hydrogen) atoms. The Balaban J connectivity index is 1.50. The number of benzene rings is 2. The molecule has 2 saturated heterocycles. The molecule has 0 bridgehead atoms. The SMILES string of the molecule is O=C(Nc1ccc(C(=O)N2CCCC2)cc1)C(c1ccccc1)N1CCCCC1=O. The number of amides is 3. The van der Waals surface area contributed by atoms with Crippen molar-refractivity contribution < 1.29 is 14.4 Å². The third kappa shape index (κ3) is 4.37. The third-order valence-corrected chi connectivity index (χ3v) is 5.83. The molecule has 0 aliphatic carbocycles. The van der Waals surface area contributed by atoms with Gasteiger partial charge in [-0.2, -0.15) is 0 Å². The lowest BCUT2D eigenvalue weighted by Gasteiger charge is -2.34. The molecule has 0 aromatic heterocycles. The Kier molecular flexibility index (Phi) is 6.12. The van der Waals surface area contributed by atoms with E-state index in [0.29, 0.717) is 24.2 Å². The van der Waals surface area contributed by atoms with Gasteiger partial charge in [-0.3, -0.25) is 14.4 Å². The summed E-state index contributed by atoms with van der Waals surface area (Å²) in [5.74, 6) is -0.196. The van der Waals surface area contributed by atoms with E-state index >= 15 is 0 Å². The second-order valence-corrected chi connectivity index (χ2v) is 7.92. The van der Waals surface area contributed by atoms with E-state index in [2.05, 4.69) is 5.32 Å². The van der Waals surface area contributed by atoms with Crippen molar-refractivity contribution in [2.24, 2.45) is 0 Å². The van der Waals surface area contributed by atoms with E-state index < -0.39 is 6.04 Å². The summed E-state index contributed by atoms with van der Waals surface area (Å²) in [6.07, 6.45) is 4.34.